The van der Waals surface area contributed by atoms with Crippen molar-refractivity contribution in [2.45, 2.75) is 12.5 Å². The second kappa shape index (κ2) is 3.83. The first-order valence-electron chi connectivity index (χ1n) is 4.54. The average molecular weight is 272 g/mol. The SMILES string of the molecule is N[C@H]1CCOc2c(C(=O)O)cc(Br)cc21. The molecule has 0 aromatic heterocycles. The molecule has 0 saturated carbocycles. The highest BCUT2D eigenvalue weighted by molar-refractivity contribution is 9.10. The number of fused-ring (bicyclic) bond motifs is 1. The summed E-state index contributed by atoms with van der Waals surface area (Å²) in [6.45, 7) is 0.468. The maximum Gasteiger partial charge on any atom is 0.339 e. The first kappa shape index (κ1) is 10.4. The number of carboxylic acid groups (broad SMARTS) is 1. The van der Waals surface area contributed by atoms with Crippen molar-refractivity contribution in [1.82, 2.24) is 0 Å². The molecule has 0 fully saturated rings. The van der Waals surface area contributed by atoms with Crippen molar-refractivity contribution < 1.29 is 14.6 Å². The summed E-state index contributed by atoms with van der Waals surface area (Å²) >= 11 is 3.26. The molecule has 2 rings (SSSR count). The van der Waals surface area contributed by atoms with Crippen LogP contribution in [-0.2, 0) is 0 Å². The lowest BCUT2D eigenvalue weighted by Crippen LogP contribution is -2.22. The number of nitrogens with two attached hydrogens (primary N) is 1. The van der Waals surface area contributed by atoms with Crippen molar-refractivity contribution in [3.63, 3.8) is 0 Å². The molecule has 1 aromatic carbocycles. The Morgan fingerprint density at radius 2 is 2.33 bits per heavy atom. The molecule has 0 spiro atoms. The lowest BCUT2D eigenvalue weighted by atomic mass is 9.98. The monoisotopic (exact) mass is 271 g/mol. The lowest BCUT2D eigenvalue weighted by Gasteiger charge is -2.24. The van der Waals surface area contributed by atoms with E-state index >= 15 is 0 Å². The van der Waals surface area contributed by atoms with Gasteiger partial charge in [0.05, 0.1) is 6.61 Å². The van der Waals surface area contributed by atoms with E-state index < -0.39 is 5.97 Å². The number of aromatic carboxylic acids is 1. The molecule has 0 radical (unpaired) electrons. The Morgan fingerprint density at radius 1 is 1.60 bits per heavy atom. The van der Waals surface area contributed by atoms with Gasteiger partial charge in [-0.3, -0.25) is 0 Å². The van der Waals surface area contributed by atoms with E-state index in [4.69, 9.17) is 15.6 Å². The Balaban J connectivity index is 2.62. The van der Waals surface area contributed by atoms with Crippen LogP contribution in [0, 0.1) is 0 Å². The quantitative estimate of drug-likeness (QED) is 0.819. The summed E-state index contributed by atoms with van der Waals surface area (Å²) in [7, 11) is 0. The first-order chi connectivity index (χ1) is 7.09. The largest absolute Gasteiger partial charge is 0.492 e. The number of carboxylic acids is 1. The Bertz CT molecular complexity index is 419. The van der Waals surface area contributed by atoms with Gasteiger partial charge in [-0.2, -0.15) is 0 Å². The van der Waals surface area contributed by atoms with E-state index in [0.29, 0.717) is 23.2 Å². The predicted octanol–water partition coefficient (Wildman–Crippen LogP) is 1.93. The second-order valence-electron chi connectivity index (χ2n) is 3.42. The lowest BCUT2D eigenvalue weighted by molar-refractivity contribution is 0.0690. The van der Waals surface area contributed by atoms with E-state index in [2.05, 4.69) is 15.9 Å². The molecule has 1 heterocycles. The molecule has 0 saturated heterocycles. The summed E-state index contributed by atoms with van der Waals surface area (Å²) in [6.07, 6.45) is 0.711. The van der Waals surface area contributed by atoms with Gasteiger partial charge in [0.15, 0.2) is 0 Å². The molecule has 1 aliphatic rings. The minimum atomic E-state index is -0.998. The number of benzene rings is 1. The molecule has 3 N–H and O–H groups in total. The van der Waals surface area contributed by atoms with Gasteiger partial charge in [0.25, 0.3) is 0 Å². The van der Waals surface area contributed by atoms with E-state index in [0.717, 1.165) is 5.56 Å². The van der Waals surface area contributed by atoms with Crippen molar-refractivity contribution in [2.24, 2.45) is 5.73 Å². The number of hydrogen-bond acceptors (Lipinski definition) is 3. The van der Waals surface area contributed by atoms with Crippen molar-refractivity contribution in [3.05, 3.63) is 27.7 Å². The van der Waals surface area contributed by atoms with Gasteiger partial charge < -0.3 is 15.6 Å². The third kappa shape index (κ3) is 1.85. The van der Waals surface area contributed by atoms with E-state index in [-0.39, 0.29) is 11.6 Å². The van der Waals surface area contributed by atoms with Crippen LogP contribution in [0.2, 0.25) is 0 Å². The van der Waals surface area contributed by atoms with Crippen LogP contribution in [0.4, 0.5) is 0 Å². The fourth-order valence-corrected chi connectivity index (χ4v) is 2.13. The molecule has 0 aliphatic carbocycles. The van der Waals surface area contributed by atoms with Crippen LogP contribution < -0.4 is 10.5 Å². The predicted molar refractivity (Wildman–Crippen MR) is 58.1 cm³/mol. The third-order valence-electron chi connectivity index (χ3n) is 2.39. The Labute approximate surface area is 95.2 Å². The topological polar surface area (TPSA) is 72.5 Å². The molecule has 1 aromatic rings. The third-order valence-corrected chi connectivity index (χ3v) is 2.85. The Morgan fingerprint density at radius 3 is 3.00 bits per heavy atom. The minimum Gasteiger partial charge on any atom is -0.492 e. The maximum absolute atomic E-state index is 11.0. The second-order valence-corrected chi connectivity index (χ2v) is 4.34. The fourth-order valence-electron chi connectivity index (χ4n) is 1.65. The highest BCUT2D eigenvalue weighted by atomic mass is 79.9. The highest BCUT2D eigenvalue weighted by Crippen LogP contribution is 2.36. The standard InChI is InChI=1S/C10H10BrNO3/c11-5-3-6-8(12)1-2-15-9(6)7(4-5)10(13)14/h3-4,8H,1-2,12H2,(H,13,14)/t8-/m0/s1. The van der Waals surface area contributed by atoms with E-state index in [9.17, 15) is 4.79 Å². The van der Waals surface area contributed by atoms with E-state index in [1.165, 1.54) is 6.07 Å². The van der Waals surface area contributed by atoms with Gasteiger partial charge in [0.2, 0.25) is 0 Å². The van der Waals surface area contributed by atoms with Crippen molar-refractivity contribution in [1.29, 1.82) is 0 Å². The van der Waals surface area contributed by atoms with E-state index in [1.807, 2.05) is 6.07 Å². The number of ether oxygens (including phenoxy) is 1. The molecular weight excluding hydrogens is 262 g/mol. The van der Waals surface area contributed by atoms with Crippen LogP contribution in [0.5, 0.6) is 5.75 Å². The zero-order valence-corrected chi connectivity index (χ0v) is 9.45. The summed E-state index contributed by atoms with van der Waals surface area (Å²) in [5.41, 5.74) is 6.81. The molecule has 0 unspecified atom stereocenters. The van der Waals surface area contributed by atoms with E-state index in [1.54, 1.807) is 0 Å². The van der Waals surface area contributed by atoms with Crippen molar-refractivity contribution in [2.75, 3.05) is 6.61 Å². The van der Waals surface area contributed by atoms with Gasteiger partial charge in [-0.1, -0.05) is 15.9 Å². The van der Waals surface area contributed by atoms with Crippen LogP contribution in [0.1, 0.15) is 28.4 Å². The van der Waals surface area contributed by atoms with Crippen LogP contribution in [0.3, 0.4) is 0 Å². The van der Waals surface area contributed by atoms with Crippen molar-refractivity contribution in [3.8, 4) is 5.75 Å². The summed E-state index contributed by atoms with van der Waals surface area (Å²) < 4.78 is 6.07. The molecule has 1 aliphatic heterocycles. The summed E-state index contributed by atoms with van der Waals surface area (Å²) in [6, 6.07) is 3.19. The smallest absolute Gasteiger partial charge is 0.339 e. The molecule has 80 valence electrons. The van der Waals surface area contributed by atoms with Crippen LogP contribution in [0.25, 0.3) is 0 Å². The zero-order chi connectivity index (χ0) is 11.0. The number of carbonyl (C=O) groups is 1. The van der Waals surface area contributed by atoms with Gasteiger partial charge in [0, 0.05) is 22.5 Å². The van der Waals surface area contributed by atoms with Gasteiger partial charge in [0.1, 0.15) is 11.3 Å². The maximum atomic E-state index is 11.0. The summed E-state index contributed by atoms with van der Waals surface area (Å²) in [4.78, 5) is 11.0. The summed E-state index contributed by atoms with van der Waals surface area (Å²) in [5.74, 6) is -0.592. The number of hydrogen-bond donors (Lipinski definition) is 2. The molecular formula is C10H10BrNO3. The Kier molecular flexibility index (Phi) is 2.67. The molecule has 0 bridgehead atoms. The van der Waals surface area contributed by atoms with Crippen LogP contribution in [-0.4, -0.2) is 17.7 Å². The molecule has 4 nitrogen and oxygen atoms in total. The van der Waals surface area contributed by atoms with Crippen LogP contribution in [0.15, 0.2) is 16.6 Å². The summed E-state index contributed by atoms with van der Waals surface area (Å²) in [5, 5.41) is 9.01. The fraction of sp³-hybridized carbons (Fsp3) is 0.300. The zero-order valence-electron chi connectivity index (χ0n) is 7.87. The minimum absolute atomic E-state index is 0.149. The van der Waals surface area contributed by atoms with Gasteiger partial charge in [-0.05, 0) is 12.1 Å². The molecule has 15 heavy (non-hydrogen) atoms. The van der Waals surface area contributed by atoms with Crippen LogP contribution >= 0.6 is 15.9 Å². The molecule has 1 atom stereocenters. The number of rotatable bonds is 1. The molecule has 5 heteroatoms. The normalized spacial score (nSPS) is 19.2. The highest BCUT2D eigenvalue weighted by Gasteiger charge is 2.24. The van der Waals surface area contributed by atoms with Gasteiger partial charge in [-0.15, -0.1) is 0 Å². The van der Waals surface area contributed by atoms with Crippen molar-refractivity contribution >= 4 is 21.9 Å². The van der Waals surface area contributed by atoms with Gasteiger partial charge >= 0.3 is 5.97 Å². The first-order valence-corrected chi connectivity index (χ1v) is 5.34. The average Bonchev–Trinajstić information content (AvgIpc) is 2.18. The van der Waals surface area contributed by atoms with Gasteiger partial charge in [-0.25, -0.2) is 4.79 Å². The molecule has 0 amide bonds. The number of halogens is 1. The Hall–Kier alpha value is -1.07.